The molecule has 0 unspecified atom stereocenters. The fourth-order valence-electron chi connectivity index (χ4n) is 2.04. The van der Waals surface area contributed by atoms with Crippen molar-refractivity contribution in [1.29, 1.82) is 5.41 Å². The molecule has 1 aromatic carbocycles. The summed E-state index contributed by atoms with van der Waals surface area (Å²) in [5, 5.41) is 8.61. The lowest BCUT2D eigenvalue weighted by molar-refractivity contribution is 0.794. The molecule has 0 spiro atoms. The second-order valence-corrected chi connectivity index (χ2v) is 4.70. The summed E-state index contributed by atoms with van der Waals surface area (Å²) >= 11 is 6.08. The lowest BCUT2D eigenvalue weighted by Gasteiger charge is -2.12. The molecule has 0 fully saturated rings. The van der Waals surface area contributed by atoms with Crippen LogP contribution in [0.1, 0.15) is 19.2 Å². The third-order valence-corrected chi connectivity index (χ3v) is 3.20. The third-order valence-electron chi connectivity index (χ3n) is 2.88. The summed E-state index contributed by atoms with van der Waals surface area (Å²) in [6.45, 7) is 1.99. The second-order valence-electron chi connectivity index (χ2n) is 4.30. The number of nitrogens with zero attached hydrogens (tertiary/aromatic N) is 2. The SMILES string of the molecule is CCCc1nc2cccc(Cl)c2c(=O)n1C(=N)/C=C\N. The largest absolute Gasteiger partial charge is 0.404 e. The Hall–Kier alpha value is -2.14. The van der Waals surface area contributed by atoms with Gasteiger partial charge in [0, 0.05) is 6.42 Å². The van der Waals surface area contributed by atoms with Crippen LogP contribution in [-0.2, 0) is 6.42 Å². The van der Waals surface area contributed by atoms with Crippen LogP contribution in [-0.4, -0.2) is 15.4 Å². The summed E-state index contributed by atoms with van der Waals surface area (Å²) in [5.41, 5.74) is 5.51. The Bertz CT molecular complexity index is 749. The average Bonchev–Trinajstić information content (AvgIpc) is 2.39. The van der Waals surface area contributed by atoms with E-state index in [4.69, 9.17) is 22.7 Å². The van der Waals surface area contributed by atoms with Crippen molar-refractivity contribution in [1.82, 2.24) is 9.55 Å². The lowest BCUT2D eigenvalue weighted by Crippen LogP contribution is -2.30. The van der Waals surface area contributed by atoms with Gasteiger partial charge in [-0.15, -0.1) is 0 Å². The Morgan fingerprint density at radius 1 is 1.55 bits per heavy atom. The summed E-state index contributed by atoms with van der Waals surface area (Å²) in [4.78, 5) is 17.0. The van der Waals surface area contributed by atoms with Crippen molar-refractivity contribution >= 4 is 28.3 Å². The Morgan fingerprint density at radius 3 is 2.95 bits per heavy atom. The van der Waals surface area contributed by atoms with Crippen LogP contribution in [0.3, 0.4) is 0 Å². The molecule has 0 aliphatic carbocycles. The van der Waals surface area contributed by atoms with E-state index in [2.05, 4.69) is 4.98 Å². The zero-order valence-corrected chi connectivity index (χ0v) is 11.8. The summed E-state index contributed by atoms with van der Waals surface area (Å²) in [6, 6.07) is 5.13. The highest BCUT2D eigenvalue weighted by Crippen LogP contribution is 2.19. The molecule has 0 amide bonds. The zero-order chi connectivity index (χ0) is 14.7. The first kappa shape index (κ1) is 14.3. The van der Waals surface area contributed by atoms with Gasteiger partial charge in [-0.1, -0.05) is 24.6 Å². The first-order chi connectivity index (χ1) is 9.60. The topological polar surface area (TPSA) is 84.8 Å². The highest BCUT2D eigenvalue weighted by Gasteiger charge is 2.14. The van der Waals surface area contributed by atoms with Gasteiger partial charge in [0.05, 0.1) is 15.9 Å². The van der Waals surface area contributed by atoms with Gasteiger partial charge < -0.3 is 5.73 Å². The molecule has 0 atom stereocenters. The van der Waals surface area contributed by atoms with Crippen LogP contribution in [0.4, 0.5) is 0 Å². The van der Waals surface area contributed by atoms with Crippen LogP contribution in [0.15, 0.2) is 35.3 Å². The second kappa shape index (κ2) is 5.88. The summed E-state index contributed by atoms with van der Waals surface area (Å²) in [6.07, 6.45) is 3.99. The van der Waals surface area contributed by atoms with E-state index >= 15 is 0 Å². The molecule has 1 heterocycles. The highest BCUT2D eigenvalue weighted by molar-refractivity contribution is 6.35. The number of nitrogens with two attached hydrogens (primary N) is 1. The summed E-state index contributed by atoms with van der Waals surface area (Å²) < 4.78 is 1.25. The normalized spacial score (nSPS) is 11.3. The Labute approximate surface area is 121 Å². The smallest absolute Gasteiger partial charge is 0.268 e. The maximum absolute atomic E-state index is 12.6. The molecule has 6 heteroatoms. The first-order valence-corrected chi connectivity index (χ1v) is 6.65. The van der Waals surface area contributed by atoms with Crippen LogP contribution < -0.4 is 11.3 Å². The molecule has 2 rings (SSSR count). The van der Waals surface area contributed by atoms with Crippen molar-refractivity contribution in [3.63, 3.8) is 0 Å². The quantitative estimate of drug-likeness (QED) is 0.672. The van der Waals surface area contributed by atoms with Crippen molar-refractivity contribution in [3.8, 4) is 0 Å². The number of benzene rings is 1. The number of rotatable bonds is 3. The minimum absolute atomic E-state index is 0.0183. The van der Waals surface area contributed by atoms with Gasteiger partial charge in [-0.3, -0.25) is 10.2 Å². The van der Waals surface area contributed by atoms with E-state index in [0.29, 0.717) is 28.2 Å². The molecule has 0 aliphatic rings. The Balaban J connectivity index is 2.85. The summed E-state index contributed by atoms with van der Waals surface area (Å²) in [5.74, 6) is 0.519. The molecule has 0 saturated carbocycles. The number of hydrogen-bond acceptors (Lipinski definition) is 4. The Morgan fingerprint density at radius 2 is 2.30 bits per heavy atom. The average molecular weight is 291 g/mol. The molecule has 20 heavy (non-hydrogen) atoms. The molecule has 0 radical (unpaired) electrons. The molecule has 1 aromatic heterocycles. The van der Waals surface area contributed by atoms with Crippen molar-refractivity contribution < 1.29 is 0 Å². The molecular formula is C14H15ClN4O. The van der Waals surface area contributed by atoms with E-state index in [9.17, 15) is 4.79 Å². The number of aryl methyl sites for hydroxylation is 1. The van der Waals surface area contributed by atoms with Gasteiger partial charge in [0.25, 0.3) is 5.56 Å². The van der Waals surface area contributed by atoms with Crippen molar-refractivity contribution in [2.75, 3.05) is 0 Å². The van der Waals surface area contributed by atoms with E-state index < -0.39 is 0 Å². The monoisotopic (exact) mass is 290 g/mol. The van der Waals surface area contributed by atoms with Crippen molar-refractivity contribution in [2.45, 2.75) is 19.8 Å². The van der Waals surface area contributed by atoms with Crippen LogP contribution in [0, 0.1) is 5.41 Å². The number of halogens is 1. The van der Waals surface area contributed by atoms with E-state index in [1.165, 1.54) is 16.8 Å². The highest BCUT2D eigenvalue weighted by atomic mass is 35.5. The number of fused-ring (bicyclic) bond motifs is 1. The molecule has 0 saturated heterocycles. The molecular weight excluding hydrogens is 276 g/mol. The van der Waals surface area contributed by atoms with E-state index in [1.54, 1.807) is 18.2 Å². The maximum Gasteiger partial charge on any atom is 0.268 e. The zero-order valence-electron chi connectivity index (χ0n) is 11.1. The predicted octanol–water partition coefficient (Wildman–Crippen LogP) is 2.30. The summed E-state index contributed by atoms with van der Waals surface area (Å²) in [7, 11) is 0. The molecule has 5 nitrogen and oxygen atoms in total. The number of nitrogens with one attached hydrogen (secondary N) is 1. The fraction of sp³-hybridized carbons (Fsp3) is 0.214. The Kier molecular flexibility index (Phi) is 4.20. The van der Waals surface area contributed by atoms with Gasteiger partial charge >= 0.3 is 0 Å². The van der Waals surface area contributed by atoms with E-state index in [1.807, 2.05) is 6.92 Å². The molecule has 0 bridgehead atoms. The van der Waals surface area contributed by atoms with Gasteiger partial charge in [0.15, 0.2) is 0 Å². The molecule has 3 N–H and O–H groups in total. The van der Waals surface area contributed by atoms with Crippen molar-refractivity contribution in [3.05, 3.63) is 51.7 Å². The van der Waals surface area contributed by atoms with Crippen LogP contribution in [0.25, 0.3) is 10.9 Å². The van der Waals surface area contributed by atoms with Gasteiger partial charge in [0.1, 0.15) is 11.7 Å². The van der Waals surface area contributed by atoms with Crippen LogP contribution in [0.2, 0.25) is 5.02 Å². The van der Waals surface area contributed by atoms with Gasteiger partial charge in [-0.2, -0.15) is 0 Å². The number of hydrogen-bond donors (Lipinski definition) is 2. The molecule has 0 aliphatic heterocycles. The van der Waals surface area contributed by atoms with Gasteiger partial charge in [0.2, 0.25) is 0 Å². The number of allylic oxidation sites excluding steroid dienone is 1. The standard InChI is InChI=1S/C14H15ClN4O/c1-2-4-12-18-10-6-3-5-9(15)13(10)14(20)19(12)11(17)7-8-16/h3,5-8,17H,2,4,16H2,1H3/b8-7-,17-11?. The van der Waals surface area contributed by atoms with E-state index in [0.717, 1.165) is 6.42 Å². The van der Waals surface area contributed by atoms with Crippen molar-refractivity contribution in [2.24, 2.45) is 5.73 Å². The minimum atomic E-state index is -0.341. The third kappa shape index (κ3) is 2.44. The number of aromatic nitrogens is 2. The maximum atomic E-state index is 12.6. The van der Waals surface area contributed by atoms with Crippen LogP contribution in [0.5, 0.6) is 0 Å². The predicted molar refractivity (Wildman–Crippen MR) is 81.5 cm³/mol. The van der Waals surface area contributed by atoms with Gasteiger partial charge in [-0.05, 0) is 30.8 Å². The molecule has 104 valence electrons. The molecule has 2 aromatic rings. The first-order valence-electron chi connectivity index (χ1n) is 6.27. The lowest BCUT2D eigenvalue weighted by atomic mass is 10.2. The van der Waals surface area contributed by atoms with Gasteiger partial charge in [-0.25, -0.2) is 9.55 Å². The minimum Gasteiger partial charge on any atom is -0.404 e. The fourth-order valence-corrected chi connectivity index (χ4v) is 2.29. The van der Waals surface area contributed by atoms with Crippen LogP contribution >= 0.6 is 11.6 Å². The van der Waals surface area contributed by atoms with E-state index in [-0.39, 0.29) is 11.4 Å².